The molecule has 0 aliphatic rings. The van der Waals surface area contributed by atoms with Gasteiger partial charge < -0.3 is 9.64 Å². The van der Waals surface area contributed by atoms with Crippen LogP contribution in [0.5, 0.6) is 0 Å². The summed E-state index contributed by atoms with van der Waals surface area (Å²) in [6, 6.07) is 0. The number of rotatable bonds is 4. The predicted octanol–water partition coefficient (Wildman–Crippen LogP) is -0.242. The first-order valence-corrected chi connectivity index (χ1v) is 5.66. The third-order valence-corrected chi connectivity index (χ3v) is 1.62. The van der Waals surface area contributed by atoms with Crippen LogP contribution in [0.2, 0.25) is 0 Å². The zero-order chi connectivity index (χ0) is 10.5. The lowest BCUT2D eigenvalue weighted by Crippen LogP contribution is -2.29. The molecular weight excluding hydrogens is 220 g/mol. The van der Waals surface area contributed by atoms with Crippen molar-refractivity contribution in [2.45, 2.75) is 0 Å². The second-order valence-electron chi connectivity index (χ2n) is 2.48. The van der Waals surface area contributed by atoms with E-state index in [9.17, 15) is 13.2 Å². The van der Waals surface area contributed by atoms with Crippen LogP contribution in [0.15, 0.2) is 0 Å². The second-order valence-corrected chi connectivity index (χ2v) is 4.78. The Kier molecular flexibility index (Phi) is 5.04. The van der Waals surface area contributed by atoms with Gasteiger partial charge in [-0.05, 0) is 14.1 Å². The summed E-state index contributed by atoms with van der Waals surface area (Å²) in [6.45, 7) is 0.612. The molecule has 0 saturated carbocycles. The molecule has 0 heterocycles. The van der Waals surface area contributed by atoms with E-state index in [1.165, 1.54) is 4.72 Å². The molecule has 0 radical (unpaired) electrons. The van der Waals surface area contributed by atoms with E-state index in [1.54, 1.807) is 19.0 Å². The Balaban J connectivity index is 3.65. The van der Waals surface area contributed by atoms with Gasteiger partial charge in [0.1, 0.15) is 6.61 Å². The van der Waals surface area contributed by atoms with Crippen LogP contribution in [0, 0.1) is 0 Å². The third-order valence-electron chi connectivity index (χ3n) is 0.977. The number of nitrogens with zero attached hydrogens (tertiary/aromatic N) is 1. The van der Waals surface area contributed by atoms with Crippen LogP contribution < -0.4 is 4.72 Å². The SMILES string of the molecule is CN(C)CCOC(=O)NS(=O)(=O)Cl. The molecule has 0 aliphatic heterocycles. The molecule has 0 rings (SSSR count). The van der Waals surface area contributed by atoms with Crippen LogP contribution in [-0.4, -0.2) is 46.7 Å². The summed E-state index contributed by atoms with van der Waals surface area (Å²) >= 11 is 0. The zero-order valence-electron chi connectivity index (χ0n) is 7.28. The van der Waals surface area contributed by atoms with Crippen molar-refractivity contribution in [3.05, 3.63) is 0 Å². The topological polar surface area (TPSA) is 75.7 Å². The first-order valence-electron chi connectivity index (χ1n) is 3.35. The molecule has 0 aromatic carbocycles. The van der Waals surface area contributed by atoms with Gasteiger partial charge >= 0.3 is 15.3 Å². The number of ether oxygens (including phenoxy) is 1. The van der Waals surface area contributed by atoms with Gasteiger partial charge in [0.25, 0.3) is 0 Å². The van der Waals surface area contributed by atoms with E-state index in [1.807, 2.05) is 0 Å². The van der Waals surface area contributed by atoms with Crippen molar-refractivity contribution in [1.29, 1.82) is 0 Å². The van der Waals surface area contributed by atoms with Crippen LogP contribution in [0.3, 0.4) is 0 Å². The van der Waals surface area contributed by atoms with E-state index < -0.39 is 15.3 Å². The van der Waals surface area contributed by atoms with Crippen molar-refractivity contribution >= 4 is 26.0 Å². The second kappa shape index (κ2) is 5.25. The normalized spacial score (nSPS) is 11.4. The lowest BCUT2D eigenvalue weighted by molar-refractivity contribution is 0.143. The minimum absolute atomic E-state index is 0.102. The minimum atomic E-state index is -4.04. The van der Waals surface area contributed by atoms with Crippen LogP contribution >= 0.6 is 10.7 Å². The number of carbonyl (C=O) groups is 1. The van der Waals surface area contributed by atoms with Crippen LogP contribution in [0.25, 0.3) is 0 Å². The van der Waals surface area contributed by atoms with Crippen LogP contribution in [-0.2, 0) is 14.0 Å². The van der Waals surface area contributed by atoms with Crippen molar-refractivity contribution in [2.75, 3.05) is 27.2 Å². The average Bonchev–Trinajstić information content (AvgIpc) is 1.81. The molecule has 0 bridgehead atoms. The molecule has 8 heteroatoms. The first kappa shape index (κ1) is 12.5. The monoisotopic (exact) mass is 230 g/mol. The fourth-order valence-corrected chi connectivity index (χ4v) is 0.897. The molecule has 0 aliphatic carbocycles. The molecule has 0 aromatic heterocycles. The molecule has 0 saturated heterocycles. The molecule has 6 nitrogen and oxygen atoms in total. The summed E-state index contributed by atoms with van der Waals surface area (Å²) in [6.07, 6.45) is -1.07. The van der Waals surface area contributed by atoms with Crippen molar-refractivity contribution in [2.24, 2.45) is 0 Å². The number of halogens is 1. The molecule has 0 unspecified atom stereocenters. The highest BCUT2D eigenvalue weighted by Crippen LogP contribution is 1.90. The van der Waals surface area contributed by atoms with Crippen LogP contribution in [0.1, 0.15) is 0 Å². The van der Waals surface area contributed by atoms with E-state index in [4.69, 9.17) is 10.7 Å². The Bertz CT molecular complexity index is 264. The van der Waals surface area contributed by atoms with E-state index in [-0.39, 0.29) is 6.61 Å². The number of nitrogens with one attached hydrogen (secondary N) is 1. The molecule has 0 spiro atoms. The lowest BCUT2D eigenvalue weighted by Gasteiger charge is -2.09. The maximum atomic E-state index is 10.6. The van der Waals surface area contributed by atoms with E-state index in [2.05, 4.69) is 4.74 Å². The molecule has 78 valence electrons. The Hall–Kier alpha value is -0.530. The molecule has 1 amide bonds. The predicted molar refractivity (Wildman–Crippen MR) is 47.8 cm³/mol. The Morgan fingerprint density at radius 3 is 2.46 bits per heavy atom. The molecule has 0 atom stereocenters. The average molecular weight is 231 g/mol. The molecule has 1 N–H and O–H groups in total. The molecule has 0 fully saturated rings. The summed E-state index contributed by atoms with van der Waals surface area (Å²) in [5.74, 6) is 0. The molecule has 0 aromatic rings. The van der Waals surface area contributed by atoms with E-state index >= 15 is 0 Å². The number of hydrogen-bond donors (Lipinski definition) is 1. The summed E-state index contributed by atoms with van der Waals surface area (Å²) in [5, 5.41) is 0. The minimum Gasteiger partial charge on any atom is -0.447 e. The fourth-order valence-electron chi connectivity index (χ4n) is 0.450. The van der Waals surface area contributed by atoms with E-state index in [0.29, 0.717) is 6.54 Å². The van der Waals surface area contributed by atoms with Gasteiger partial charge in [-0.2, -0.15) is 8.42 Å². The summed E-state index contributed by atoms with van der Waals surface area (Å²) < 4.78 is 26.5. The summed E-state index contributed by atoms with van der Waals surface area (Å²) in [7, 11) is 4.26. The van der Waals surface area contributed by atoms with Crippen molar-refractivity contribution in [3.8, 4) is 0 Å². The van der Waals surface area contributed by atoms with Gasteiger partial charge in [0.05, 0.1) is 0 Å². The standard InChI is InChI=1S/C5H11ClN2O4S/c1-8(2)3-4-12-5(9)7-13(6,10)11/h3-4H2,1-2H3,(H,7,9). The van der Waals surface area contributed by atoms with Gasteiger partial charge in [0, 0.05) is 17.2 Å². The lowest BCUT2D eigenvalue weighted by atomic mass is 10.6. The van der Waals surface area contributed by atoms with Gasteiger partial charge in [-0.15, -0.1) is 0 Å². The first-order chi connectivity index (χ1) is 5.81. The number of amides is 1. The maximum Gasteiger partial charge on any atom is 0.421 e. The number of likely N-dealkylation sites (N-methyl/N-ethyl adjacent to an activating group) is 1. The Morgan fingerprint density at radius 1 is 1.54 bits per heavy atom. The highest BCUT2D eigenvalue weighted by Gasteiger charge is 2.10. The van der Waals surface area contributed by atoms with Gasteiger partial charge in [-0.1, -0.05) is 0 Å². The van der Waals surface area contributed by atoms with Crippen LogP contribution in [0.4, 0.5) is 4.79 Å². The van der Waals surface area contributed by atoms with E-state index in [0.717, 1.165) is 0 Å². The molecular formula is C5H11ClN2O4S. The molecule has 13 heavy (non-hydrogen) atoms. The Labute approximate surface area is 81.4 Å². The van der Waals surface area contributed by atoms with Gasteiger partial charge in [0.2, 0.25) is 0 Å². The van der Waals surface area contributed by atoms with Crippen molar-refractivity contribution < 1.29 is 17.9 Å². The number of carbonyl (C=O) groups excluding carboxylic acids is 1. The maximum absolute atomic E-state index is 10.6. The largest absolute Gasteiger partial charge is 0.447 e. The Morgan fingerprint density at radius 2 is 2.08 bits per heavy atom. The third kappa shape index (κ3) is 9.38. The fraction of sp³-hybridized carbons (Fsp3) is 0.800. The zero-order valence-corrected chi connectivity index (χ0v) is 8.85. The number of hydrogen-bond acceptors (Lipinski definition) is 5. The smallest absolute Gasteiger partial charge is 0.421 e. The van der Waals surface area contributed by atoms with Gasteiger partial charge in [-0.25, -0.2) is 9.52 Å². The van der Waals surface area contributed by atoms with Gasteiger partial charge in [-0.3, -0.25) is 0 Å². The van der Waals surface area contributed by atoms with Crippen molar-refractivity contribution in [1.82, 2.24) is 9.62 Å². The highest BCUT2D eigenvalue weighted by atomic mass is 35.7. The summed E-state index contributed by atoms with van der Waals surface area (Å²) in [5.41, 5.74) is 0. The van der Waals surface area contributed by atoms with Crippen molar-refractivity contribution in [3.63, 3.8) is 0 Å². The highest BCUT2D eigenvalue weighted by molar-refractivity contribution is 8.12. The van der Waals surface area contributed by atoms with Gasteiger partial charge in [0.15, 0.2) is 0 Å². The summed E-state index contributed by atoms with van der Waals surface area (Å²) in [4.78, 5) is 12.4. The quantitative estimate of drug-likeness (QED) is 0.675.